The molecule has 2 N–H and O–H groups in total. The molecule has 0 spiro atoms. The number of nitrogens with zero attached hydrogens (tertiary/aromatic N) is 2. The molecule has 2 aromatic heterocycles. The quantitative estimate of drug-likeness (QED) is 0.388. The van der Waals surface area contributed by atoms with Gasteiger partial charge in [-0.2, -0.15) is 10.2 Å². The second kappa shape index (κ2) is 9.50. The van der Waals surface area contributed by atoms with Crippen LogP contribution in [0.1, 0.15) is 51.7 Å². The molecule has 0 aliphatic carbocycles. The predicted octanol–water partition coefficient (Wildman–Crippen LogP) is 4.68. The molecule has 8 nitrogen and oxygen atoms in total. The van der Waals surface area contributed by atoms with Gasteiger partial charge in [-0.3, -0.25) is 9.59 Å². The summed E-state index contributed by atoms with van der Waals surface area (Å²) in [6.45, 7) is 4.09. The highest BCUT2D eigenvalue weighted by atomic mass is 16.5. The zero-order valence-corrected chi connectivity index (χ0v) is 18.5. The molecule has 0 bridgehead atoms. The van der Waals surface area contributed by atoms with Gasteiger partial charge in [-0.05, 0) is 72.6 Å². The number of aromatic nitrogens is 3. The SMILES string of the molecule is CC(C)c1ccc(-c2ccc(Oc3cc(C(=O)O)ccc3C(=O)c3ccc[nH]c3=O)cc2)nn1. The van der Waals surface area contributed by atoms with Crippen LogP contribution in [0, 0.1) is 0 Å². The maximum absolute atomic E-state index is 13.0. The van der Waals surface area contributed by atoms with E-state index in [4.69, 9.17) is 4.74 Å². The maximum atomic E-state index is 13.0. The Labute approximate surface area is 194 Å². The number of pyridine rings is 1. The molecule has 4 aromatic rings. The molecule has 0 aliphatic rings. The van der Waals surface area contributed by atoms with Gasteiger partial charge in [0.25, 0.3) is 5.56 Å². The molecule has 0 saturated carbocycles. The fraction of sp³-hybridized carbons (Fsp3) is 0.115. The van der Waals surface area contributed by atoms with E-state index in [0.717, 1.165) is 11.3 Å². The third-order valence-electron chi connectivity index (χ3n) is 5.19. The highest BCUT2D eigenvalue weighted by Gasteiger charge is 2.20. The van der Waals surface area contributed by atoms with Crippen molar-refractivity contribution >= 4 is 11.8 Å². The second-order valence-corrected chi connectivity index (χ2v) is 7.88. The van der Waals surface area contributed by atoms with Crippen LogP contribution in [0.2, 0.25) is 0 Å². The van der Waals surface area contributed by atoms with Gasteiger partial charge in [0, 0.05) is 11.8 Å². The summed E-state index contributed by atoms with van der Waals surface area (Å²) >= 11 is 0. The molecule has 0 radical (unpaired) electrons. The van der Waals surface area contributed by atoms with Crippen LogP contribution in [0.15, 0.2) is 77.7 Å². The van der Waals surface area contributed by atoms with E-state index in [9.17, 15) is 19.5 Å². The minimum absolute atomic E-state index is 0.0296. The van der Waals surface area contributed by atoms with Crippen molar-refractivity contribution in [3.63, 3.8) is 0 Å². The van der Waals surface area contributed by atoms with Crippen LogP contribution in [0.25, 0.3) is 11.3 Å². The van der Waals surface area contributed by atoms with E-state index in [-0.39, 0.29) is 28.4 Å². The van der Waals surface area contributed by atoms with E-state index in [1.807, 2.05) is 26.0 Å². The fourth-order valence-electron chi connectivity index (χ4n) is 3.30. The van der Waals surface area contributed by atoms with Crippen LogP contribution < -0.4 is 10.3 Å². The van der Waals surface area contributed by atoms with Crippen LogP contribution in [-0.4, -0.2) is 32.0 Å². The smallest absolute Gasteiger partial charge is 0.335 e. The van der Waals surface area contributed by atoms with Crippen molar-refractivity contribution in [2.45, 2.75) is 19.8 Å². The summed E-state index contributed by atoms with van der Waals surface area (Å²) in [6.07, 6.45) is 1.42. The molecule has 2 heterocycles. The van der Waals surface area contributed by atoms with Crippen molar-refractivity contribution in [3.8, 4) is 22.8 Å². The van der Waals surface area contributed by atoms with Gasteiger partial charge in [-0.15, -0.1) is 0 Å². The Balaban J connectivity index is 1.65. The van der Waals surface area contributed by atoms with E-state index < -0.39 is 17.3 Å². The summed E-state index contributed by atoms with van der Waals surface area (Å²) in [4.78, 5) is 39.0. The lowest BCUT2D eigenvalue weighted by Crippen LogP contribution is -2.18. The number of carboxylic acids is 1. The Morgan fingerprint density at radius 1 is 0.941 bits per heavy atom. The number of benzene rings is 2. The topological polar surface area (TPSA) is 122 Å². The Hall–Kier alpha value is -4.59. The fourth-order valence-corrected chi connectivity index (χ4v) is 3.30. The lowest BCUT2D eigenvalue weighted by Gasteiger charge is -2.12. The molecule has 34 heavy (non-hydrogen) atoms. The van der Waals surface area contributed by atoms with Crippen LogP contribution in [-0.2, 0) is 0 Å². The number of carbonyl (C=O) groups is 2. The van der Waals surface area contributed by atoms with Gasteiger partial charge in [0.15, 0.2) is 0 Å². The number of H-pyrrole nitrogens is 1. The Morgan fingerprint density at radius 3 is 2.32 bits per heavy atom. The zero-order valence-electron chi connectivity index (χ0n) is 18.5. The first-order chi connectivity index (χ1) is 16.3. The van der Waals surface area contributed by atoms with Gasteiger partial charge < -0.3 is 14.8 Å². The first-order valence-corrected chi connectivity index (χ1v) is 10.5. The minimum atomic E-state index is -1.17. The monoisotopic (exact) mass is 455 g/mol. The molecular weight excluding hydrogens is 434 g/mol. The number of aromatic carboxylic acids is 1. The number of ether oxygens (including phenoxy) is 1. The van der Waals surface area contributed by atoms with Crippen LogP contribution in [0.5, 0.6) is 11.5 Å². The zero-order chi connectivity index (χ0) is 24.2. The number of carboxylic acid groups (broad SMARTS) is 1. The average Bonchev–Trinajstić information content (AvgIpc) is 2.84. The van der Waals surface area contributed by atoms with Crippen LogP contribution in [0.3, 0.4) is 0 Å². The lowest BCUT2D eigenvalue weighted by molar-refractivity contribution is 0.0696. The number of hydrogen-bond acceptors (Lipinski definition) is 6. The van der Waals surface area contributed by atoms with Gasteiger partial charge >= 0.3 is 5.97 Å². The third kappa shape index (κ3) is 4.75. The highest BCUT2D eigenvalue weighted by molar-refractivity contribution is 6.11. The van der Waals surface area contributed by atoms with Gasteiger partial charge in [0.2, 0.25) is 5.78 Å². The van der Waals surface area contributed by atoms with Crippen molar-refractivity contribution in [3.05, 3.63) is 106 Å². The molecule has 0 fully saturated rings. The number of rotatable bonds is 7. The maximum Gasteiger partial charge on any atom is 0.335 e. The molecule has 0 unspecified atom stereocenters. The number of ketones is 1. The van der Waals surface area contributed by atoms with E-state index in [1.165, 1.54) is 36.5 Å². The second-order valence-electron chi connectivity index (χ2n) is 7.88. The first kappa shape index (κ1) is 22.6. The Bertz CT molecular complexity index is 1410. The van der Waals surface area contributed by atoms with Crippen molar-refractivity contribution in [2.75, 3.05) is 0 Å². The summed E-state index contributed by atoms with van der Waals surface area (Å²) in [5.41, 5.74) is 1.82. The molecule has 2 aromatic carbocycles. The summed E-state index contributed by atoms with van der Waals surface area (Å²) in [5, 5.41) is 17.9. The average molecular weight is 455 g/mol. The minimum Gasteiger partial charge on any atom is -0.478 e. The molecule has 8 heteroatoms. The highest BCUT2D eigenvalue weighted by Crippen LogP contribution is 2.30. The van der Waals surface area contributed by atoms with Crippen molar-refractivity contribution in [2.24, 2.45) is 0 Å². The van der Waals surface area contributed by atoms with Crippen LogP contribution in [0.4, 0.5) is 0 Å². The summed E-state index contributed by atoms with van der Waals surface area (Å²) < 4.78 is 5.89. The molecule has 0 aliphatic heterocycles. The molecule has 0 atom stereocenters. The largest absolute Gasteiger partial charge is 0.478 e. The number of aromatic amines is 1. The standard InChI is InChI=1S/C26H21N3O5/c1-15(2)21-11-12-22(29-28-21)16-5-8-18(9-6-16)34-23-14-17(26(32)33)7-10-19(23)24(30)20-4-3-13-27-25(20)31/h3-15H,1-2H3,(H,27,31)(H,32,33). The summed E-state index contributed by atoms with van der Waals surface area (Å²) in [5.74, 6) is -1.05. The molecule has 170 valence electrons. The third-order valence-corrected chi connectivity index (χ3v) is 5.19. The molecule has 4 rings (SSSR count). The van der Waals surface area contributed by atoms with E-state index in [0.29, 0.717) is 11.4 Å². The summed E-state index contributed by atoms with van der Waals surface area (Å²) in [6, 6.07) is 17.6. The van der Waals surface area contributed by atoms with E-state index in [2.05, 4.69) is 15.2 Å². The first-order valence-electron chi connectivity index (χ1n) is 10.5. The Morgan fingerprint density at radius 2 is 1.71 bits per heavy atom. The van der Waals surface area contributed by atoms with Gasteiger partial charge in [0.05, 0.1) is 28.1 Å². The van der Waals surface area contributed by atoms with Crippen molar-refractivity contribution in [1.82, 2.24) is 15.2 Å². The Kier molecular flexibility index (Phi) is 6.31. The summed E-state index contributed by atoms with van der Waals surface area (Å²) in [7, 11) is 0. The van der Waals surface area contributed by atoms with Crippen molar-refractivity contribution in [1.29, 1.82) is 0 Å². The van der Waals surface area contributed by atoms with Gasteiger partial charge in [0.1, 0.15) is 11.5 Å². The molecule has 0 saturated heterocycles. The molecule has 0 amide bonds. The van der Waals surface area contributed by atoms with E-state index >= 15 is 0 Å². The van der Waals surface area contributed by atoms with Crippen molar-refractivity contribution < 1.29 is 19.4 Å². The number of hydrogen-bond donors (Lipinski definition) is 2. The predicted molar refractivity (Wildman–Crippen MR) is 126 cm³/mol. The number of nitrogens with one attached hydrogen (secondary N) is 1. The number of carbonyl (C=O) groups excluding carboxylic acids is 1. The lowest BCUT2D eigenvalue weighted by atomic mass is 10.0. The molecular formula is C26H21N3O5. The van der Waals surface area contributed by atoms with E-state index in [1.54, 1.807) is 24.3 Å². The van der Waals surface area contributed by atoms with Gasteiger partial charge in [-0.25, -0.2) is 4.79 Å². The normalized spacial score (nSPS) is 10.8. The van der Waals surface area contributed by atoms with Gasteiger partial charge in [-0.1, -0.05) is 13.8 Å². The van der Waals surface area contributed by atoms with Crippen LogP contribution >= 0.6 is 0 Å².